The van der Waals surface area contributed by atoms with Crippen molar-refractivity contribution >= 4 is 5.91 Å². The summed E-state index contributed by atoms with van der Waals surface area (Å²) in [5.41, 5.74) is 2.48. The summed E-state index contributed by atoms with van der Waals surface area (Å²) in [6.07, 6.45) is 0. The van der Waals surface area contributed by atoms with Gasteiger partial charge >= 0.3 is 0 Å². The Kier molecular flexibility index (Phi) is 6.23. The topological polar surface area (TPSA) is 86.5 Å². The highest BCUT2D eigenvalue weighted by molar-refractivity contribution is 5.77. The molecule has 0 bridgehead atoms. The van der Waals surface area contributed by atoms with Crippen LogP contribution in [0.4, 0.5) is 0 Å². The van der Waals surface area contributed by atoms with E-state index in [0.717, 1.165) is 16.9 Å². The molecule has 1 aromatic heterocycles. The van der Waals surface area contributed by atoms with E-state index in [1.165, 1.54) is 0 Å². The SMILES string of the molecule is COc1ccccc1CNC(=O)COc1cccc(-c2nc(-c3ccccc3)no2)c1. The van der Waals surface area contributed by atoms with Gasteiger partial charge in [-0.1, -0.05) is 59.8 Å². The molecule has 4 rings (SSSR count). The Bertz CT molecular complexity index is 1160. The van der Waals surface area contributed by atoms with Crippen LogP contribution in [0.5, 0.6) is 11.5 Å². The van der Waals surface area contributed by atoms with Crippen LogP contribution in [-0.2, 0) is 11.3 Å². The second-order valence-electron chi connectivity index (χ2n) is 6.69. The summed E-state index contributed by atoms with van der Waals surface area (Å²) >= 11 is 0. The Hall–Kier alpha value is -4.13. The summed E-state index contributed by atoms with van der Waals surface area (Å²) in [4.78, 5) is 16.6. The summed E-state index contributed by atoms with van der Waals surface area (Å²) in [6.45, 7) is 0.244. The fourth-order valence-corrected chi connectivity index (χ4v) is 3.01. The third-order valence-electron chi connectivity index (χ3n) is 4.58. The average Bonchev–Trinajstić information content (AvgIpc) is 3.33. The van der Waals surface area contributed by atoms with Gasteiger partial charge in [0, 0.05) is 23.2 Å². The van der Waals surface area contributed by atoms with Crippen LogP contribution in [0.1, 0.15) is 5.56 Å². The van der Waals surface area contributed by atoms with Crippen molar-refractivity contribution in [2.75, 3.05) is 13.7 Å². The Labute approximate surface area is 179 Å². The van der Waals surface area contributed by atoms with Crippen LogP contribution < -0.4 is 14.8 Å². The minimum atomic E-state index is -0.236. The van der Waals surface area contributed by atoms with Gasteiger partial charge in [0.2, 0.25) is 5.82 Å². The zero-order valence-electron chi connectivity index (χ0n) is 16.9. The molecule has 7 heteroatoms. The molecule has 0 saturated carbocycles. The van der Waals surface area contributed by atoms with Crippen molar-refractivity contribution in [3.8, 4) is 34.3 Å². The maximum absolute atomic E-state index is 12.2. The van der Waals surface area contributed by atoms with E-state index in [1.54, 1.807) is 19.2 Å². The highest BCUT2D eigenvalue weighted by atomic mass is 16.5. The Morgan fingerprint density at radius 2 is 1.74 bits per heavy atom. The first-order valence-corrected chi connectivity index (χ1v) is 9.74. The first-order valence-electron chi connectivity index (χ1n) is 9.74. The van der Waals surface area contributed by atoms with Gasteiger partial charge < -0.3 is 19.3 Å². The molecule has 1 amide bonds. The van der Waals surface area contributed by atoms with Crippen molar-refractivity contribution in [3.63, 3.8) is 0 Å². The van der Waals surface area contributed by atoms with Gasteiger partial charge in [0.05, 0.1) is 7.11 Å². The number of hydrogen-bond donors (Lipinski definition) is 1. The van der Waals surface area contributed by atoms with E-state index in [4.69, 9.17) is 14.0 Å². The van der Waals surface area contributed by atoms with Gasteiger partial charge in [-0.05, 0) is 24.3 Å². The van der Waals surface area contributed by atoms with Crippen LogP contribution in [0.3, 0.4) is 0 Å². The fraction of sp³-hybridized carbons (Fsp3) is 0.125. The zero-order valence-corrected chi connectivity index (χ0v) is 16.9. The standard InChI is InChI=1S/C24H21N3O4/c1-29-21-13-6-5-10-19(21)15-25-22(28)16-30-20-12-7-11-18(14-20)24-26-23(27-31-24)17-8-3-2-4-9-17/h2-14H,15-16H2,1H3,(H,25,28). The molecule has 0 radical (unpaired) electrons. The van der Waals surface area contributed by atoms with Crippen LogP contribution in [-0.4, -0.2) is 29.8 Å². The number of amides is 1. The van der Waals surface area contributed by atoms with Gasteiger partial charge in [0.25, 0.3) is 11.8 Å². The molecule has 31 heavy (non-hydrogen) atoms. The predicted molar refractivity (Wildman–Crippen MR) is 116 cm³/mol. The monoisotopic (exact) mass is 415 g/mol. The summed E-state index contributed by atoms with van der Waals surface area (Å²) in [7, 11) is 1.60. The molecule has 7 nitrogen and oxygen atoms in total. The quantitative estimate of drug-likeness (QED) is 0.466. The second kappa shape index (κ2) is 9.58. The number of aromatic nitrogens is 2. The molecule has 4 aromatic rings. The second-order valence-corrected chi connectivity index (χ2v) is 6.69. The molecule has 3 aromatic carbocycles. The van der Waals surface area contributed by atoms with E-state index in [9.17, 15) is 4.79 Å². The third kappa shape index (κ3) is 5.08. The molecule has 0 spiro atoms. The molecule has 156 valence electrons. The number of carbonyl (C=O) groups excluding carboxylic acids is 1. The molecule has 0 aliphatic rings. The van der Waals surface area contributed by atoms with E-state index in [2.05, 4.69) is 15.5 Å². The van der Waals surface area contributed by atoms with E-state index in [0.29, 0.717) is 29.6 Å². The van der Waals surface area contributed by atoms with Crippen molar-refractivity contribution in [2.24, 2.45) is 0 Å². The van der Waals surface area contributed by atoms with Crippen LogP contribution in [0.25, 0.3) is 22.8 Å². The lowest BCUT2D eigenvalue weighted by Crippen LogP contribution is -2.28. The van der Waals surface area contributed by atoms with Gasteiger partial charge in [0.1, 0.15) is 11.5 Å². The molecule has 1 heterocycles. The van der Waals surface area contributed by atoms with E-state index < -0.39 is 0 Å². The molecule has 0 aliphatic carbocycles. The number of rotatable bonds is 8. The summed E-state index contributed by atoms with van der Waals surface area (Å²) in [5, 5.41) is 6.86. The summed E-state index contributed by atoms with van der Waals surface area (Å²) < 4.78 is 16.3. The first-order chi connectivity index (χ1) is 15.2. The molecule has 1 N–H and O–H groups in total. The van der Waals surface area contributed by atoms with Crippen molar-refractivity contribution in [1.29, 1.82) is 0 Å². The highest BCUT2D eigenvalue weighted by Crippen LogP contribution is 2.25. The fourth-order valence-electron chi connectivity index (χ4n) is 3.01. The van der Waals surface area contributed by atoms with Crippen molar-refractivity contribution in [1.82, 2.24) is 15.5 Å². The number of carbonyl (C=O) groups is 1. The largest absolute Gasteiger partial charge is 0.496 e. The van der Waals surface area contributed by atoms with Crippen molar-refractivity contribution in [2.45, 2.75) is 6.54 Å². The van der Waals surface area contributed by atoms with E-state index >= 15 is 0 Å². The summed E-state index contributed by atoms with van der Waals surface area (Å²) in [5.74, 6) is 1.92. The van der Waals surface area contributed by atoms with Crippen molar-refractivity contribution < 1.29 is 18.8 Å². The van der Waals surface area contributed by atoms with Gasteiger partial charge in [-0.25, -0.2) is 0 Å². The molecule has 0 aliphatic heterocycles. The minimum absolute atomic E-state index is 0.113. The van der Waals surface area contributed by atoms with Gasteiger partial charge in [0.15, 0.2) is 6.61 Å². The lowest BCUT2D eigenvalue weighted by Gasteiger charge is -2.10. The maximum atomic E-state index is 12.2. The van der Waals surface area contributed by atoms with E-state index in [1.807, 2.05) is 66.7 Å². The molecular weight excluding hydrogens is 394 g/mol. The lowest BCUT2D eigenvalue weighted by atomic mass is 10.2. The average molecular weight is 415 g/mol. The number of para-hydroxylation sites is 1. The van der Waals surface area contributed by atoms with Crippen LogP contribution in [0.2, 0.25) is 0 Å². The predicted octanol–water partition coefficient (Wildman–Crippen LogP) is 4.11. The van der Waals surface area contributed by atoms with Crippen LogP contribution in [0.15, 0.2) is 83.4 Å². The number of ether oxygens (including phenoxy) is 2. The van der Waals surface area contributed by atoms with Gasteiger partial charge in [-0.3, -0.25) is 4.79 Å². The van der Waals surface area contributed by atoms with Crippen molar-refractivity contribution in [3.05, 3.63) is 84.4 Å². The number of hydrogen-bond acceptors (Lipinski definition) is 6. The van der Waals surface area contributed by atoms with Gasteiger partial charge in [-0.2, -0.15) is 4.98 Å². The normalized spacial score (nSPS) is 10.5. The zero-order chi connectivity index (χ0) is 21.5. The molecule has 0 unspecified atom stereocenters. The summed E-state index contributed by atoms with van der Waals surface area (Å²) in [6, 6.07) is 24.3. The number of nitrogens with one attached hydrogen (secondary N) is 1. The number of benzene rings is 3. The lowest BCUT2D eigenvalue weighted by molar-refractivity contribution is -0.123. The molecule has 0 fully saturated rings. The highest BCUT2D eigenvalue weighted by Gasteiger charge is 2.12. The Morgan fingerprint density at radius 3 is 2.58 bits per heavy atom. The van der Waals surface area contributed by atoms with Crippen LogP contribution >= 0.6 is 0 Å². The molecule has 0 atom stereocenters. The smallest absolute Gasteiger partial charge is 0.258 e. The molecular formula is C24H21N3O4. The number of nitrogens with zero attached hydrogens (tertiary/aromatic N) is 2. The first kappa shape index (κ1) is 20.2. The van der Waals surface area contributed by atoms with Crippen LogP contribution in [0, 0.1) is 0 Å². The minimum Gasteiger partial charge on any atom is -0.496 e. The molecule has 0 saturated heterocycles. The third-order valence-corrected chi connectivity index (χ3v) is 4.58. The number of methoxy groups -OCH3 is 1. The Balaban J connectivity index is 1.36. The van der Waals surface area contributed by atoms with E-state index in [-0.39, 0.29) is 12.5 Å². The maximum Gasteiger partial charge on any atom is 0.258 e. The Morgan fingerprint density at radius 1 is 0.968 bits per heavy atom. The van der Waals surface area contributed by atoms with Gasteiger partial charge in [-0.15, -0.1) is 0 Å².